The fourth-order valence-electron chi connectivity index (χ4n) is 4.26. The number of hydrogen-bond donors (Lipinski definition) is 2. The molecule has 2 aliphatic rings. The molecule has 2 aromatic rings. The van der Waals surface area contributed by atoms with E-state index in [1.54, 1.807) is 12.1 Å². The van der Waals surface area contributed by atoms with Gasteiger partial charge < -0.3 is 24.3 Å². The number of rotatable bonds is 14. The van der Waals surface area contributed by atoms with Crippen LogP contribution in [0.2, 0.25) is 0 Å². The summed E-state index contributed by atoms with van der Waals surface area (Å²) in [5.41, 5.74) is 2.78. The molecule has 2 N–H and O–H groups in total. The van der Waals surface area contributed by atoms with Gasteiger partial charge in [0.25, 0.3) is 11.8 Å². The molecule has 2 heterocycles. The molecule has 2 aliphatic heterocycles. The molecule has 1 saturated heterocycles. The zero-order valence-corrected chi connectivity index (χ0v) is 20.8. The van der Waals surface area contributed by atoms with Crippen molar-refractivity contribution in [2.24, 2.45) is 0 Å². The summed E-state index contributed by atoms with van der Waals surface area (Å²) in [5, 5.41) is 5.19. The minimum absolute atomic E-state index is 0.0637. The average molecular weight is 524 g/mol. The fraction of sp³-hybridized carbons (Fsp3) is 0.370. The summed E-state index contributed by atoms with van der Waals surface area (Å²) in [6, 6.07) is 11.5. The second-order valence-corrected chi connectivity index (χ2v) is 8.76. The second kappa shape index (κ2) is 13.0. The summed E-state index contributed by atoms with van der Waals surface area (Å²) >= 11 is 0. The molecule has 0 aromatic heterocycles. The van der Waals surface area contributed by atoms with E-state index in [1.165, 1.54) is 6.07 Å². The number of piperidine rings is 1. The van der Waals surface area contributed by atoms with Crippen LogP contribution in [0.15, 0.2) is 42.5 Å². The van der Waals surface area contributed by atoms with Crippen molar-refractivity contribution in [2.45, 2.75) is 31.9 Å². The van der Waals surface area contributed by atoms with Crippen LogP contribution >= 0.6 is 0 Å². The predicted octanol–water partition coefficient (Wildman–Crippen LogP) is 1.45. The second-order valence-electron chi connectivity index (χ2n) is 8.76. The number of imide groups is 2. The van der Waals surface area contributed by atoms with Crippen LogP contribution in [0.25, 0.3) is 0 Å². The highest BCUT2D eigenvalue weighted by atomic mass is 16.5. The highest BCUT2D eigenvalue weighted by Crippen LogP contribution is 2.32. The number of carbonyl (C=O) groups is 5. The number of carbonyl (C=O) groups excluding carboxylic acids is 5. The number of nitrogens with zero attached hydrogens (tertiary/aromatic N) is 1. The first-order chi connectivity index (χ1) is 18.5. The van der Waals surface area contributed by atoms with E-state index in [0.29, 0.717) is 45.1 Å². The van der Waals surface area contributed by atoms with Crippen LogP contribution in [0, 0.1) is 0 Å². The van der Waals surface area contributed by atoms with Gasteiger partial charge in [0, 0.05) is 18.5 Å². The molecule has 38 heavy (non-hydrogen) atoms. The lowest BCUT2D eigenvalue weighted by Gasteiger charge is -2.27. The minimum Gasteiger partial charge on any atom is -0.377 e. The van der Waals surface area contributed by atoms with Crippen LogP contribution < -0.4 is 10.6 Å². The maximum atomic E-state index is 13.1. The Morgan fingerprint density at radius 1 is 0.895 bits per heavy atom. The van der Waals surface area contributed by atoms with Crippen molar-refractivity contribution in [3.63, 3.8) is 0 Å². The summed E-state index contributed by atoms with van der Waals surface area (Å²) in [7, 11) is 0. The van der Waals surface area contributed by atoms with Crippen molar-refractivity contribution in [1.29, 1.82) is 0 Å². The van der Waals surface area contributed by atoms with E-state index >= 15 is 0 Å². The van der Waals surface area contributed by atoms with Gasteiger partial charge in [0.05, 0.1) is 44.2 Å². The van der Waals surface area contributed by atoms with Crippen molar-refractivity contribution >= 4 is 35.6 Å². The van der Waals surface area contributed by atoms with E-state index in [9.17, 15) is 24.0 Å². The van der Waals surface area contributed by atoms with Crippen LogP contribution in [0.4, 0.5) is 5.69 Å². The lowest BCUT2D eigenvalue weighted by molar-refractivity contribution is -0.136. The predicted molar refractivity (Wildman–Crippen MR) is 134 cm³/mol. The van der Waals surface area contributed by atoms with Crippen molar-refractivity contribution in [1.82, 2.24) is 10.2 Å². The Morgan fingerprint density at radius 3 is 2.34 bits per heavy atom. The van der Waals surface area contributed by atoms with Crippen LogP contribution in [0.3, 0.4) is 0 Å². The Bertz CT molecular complexity index is 1200. The van der Waals surface area contributed by atoms with Crippen LogP contribution in [0.5, 0.6) is 0 Å². The van der Waals surface area contributed by atoms with E-state index in [2.05, 4.69) is 10.6 Å². The third kappa shape index (κ3) is 6.49. The number of aldehydes is 1. The minimum atomic E-state index is -1.01. The first-order valence-electron chi connectivity index (χ1n) is 12.3. The molecule has 1 atom stereocenters. The highest BCUT2D eigenvalue weighted by Gasteiger charge is 2.45. The smallest absolute Gasteiger partial charge is 0.264 e. The molecule has 0 aliphatic carbocycles. The zero-order chi connectivity index (χ0) is 26.9. The first kappa shape index (κ1) is 27.1. The maximum Gasteiger partial charge on any atom is 0.264 e. The summed E-state index contributed by atoms with van der Waals surface area (Å²) in [4.78, 5) is 61.1. The summed E-state index contributed by atoms with van der Waals surface area (Å²) in [5.74, 6) is -2.21. The molecule has 11 heteroatoms. The third-order valence-corrected chi connectivity index (χ3v) is 6.19. The van der Waals surface area contributed by atoms with Gasteiger partial charge in [-0.1, -0.05) is 30.3 Å². The number of anilines is 1. The molecule has 200 valence electrons. The standard InChI is InChI=1S/C27H29N3O8/c31-11-10-18-4-6-19(7-5-18)16-37-14-12-36-13-15-38-17-28-21-3-1-2-20-24(21)27(35)30(26(20)34)22-8-9-23(32)29-25(22)33/h1-7,11,22,28H,8-10,12-17H2,(H,29,32,33). The van der Waals surface area contributed by atoms with E-state index in [0.717, 1.165) is 22.3 Å². The van der Waals surface area contributed by atoms with Gasteiger partial charge in [-0.3, -0.25) is 29.4 Å². The summed E-state index contributed by atoms with van der Waals surface area (Å²) in [6.45, 7) is 2.00. The van der Waals surface area contributed by atoms with Crippen LogP contribution in [-0.4, -0.2) is 74.0 Å². The molecule has 0 radical (unpaired) electrons. The largest absolute Gasteiger partial charge is 0.377 e. The van der Waals surface area contributed by atoms with Gasteiger partial charge in [0.15, 0.2) is 0 Å². The van der Waals surface area contributed by atoms with Gasteiger partial charge >= 0.3 is 0 Å². The SMILES string of the molecule is O=CCc1ccc(COCCOCCOCNc2cccc3c2C(=O)N(C2CCC(=O)NC2=O)C3=O)cc1. The molecule has 11 nitrogen and oxygen atoms in total. The van der Waals surface area contributed by atoms with Gasteiger partial charge in [-0.15, -0.1) is 0 Å². The average Bonchev–Trinajstić information content (AvgIpc) is 3.16. The Balaban J connectivity index is 1.14. The van der Waals surface area contributed by atoms with Crippen molar-refractivity contribution < 1.29 is 38.2 Å². The molecule has 1 fully saturated rings. The first-order valence-corrected chi connectivity index (χ1v) is 12.3. The highest BCUT2D eigenvalue weighted by molar-refractivity contribution is 6.25. The molecule has 0 saturated carbocycles. The monoisotopic (exact) mass is 523 g/mol. The Labute approximate surface area is 219 Å². The summed E-state index contributed by atoms with van der Waals surface area (Å²) < 4.78 is 16.6. The Morgan fingerprint density at radius 2 is 1.61 bits per heavy atom. The fourth-order valence-corrected chi connectivity index (χ4v) is 4.26. The maximum absolute atomic E-state index is 13.1. The van der Waals surface area contributed by atoms with Crippen LogP contribution in [-0.2, 0) is 41.6 Å². The third-order valence-electron chi connectivity index (χ3n) is 6.19. The Hall–Kier alpha value is -3.93. The number of fused-ring (bicyclic) bond motifs is 1. The molecule has 0 spiro atoms. The van der Waals surface area contributed by atoms with E-state index in [4.69, 9.17) is 14.2 Å². The van der Waals surface area contributed by atoms with Gasteiger partial charge in [0.1, 0.15) is 19.1 Å². The zero-order valence-electron chi connectivity index (χ0n) is 20.8. The lowest BCUT2D eigenvalue weighted by Crippen LogP contribution is -2.54. The van der Waals surface area contributed by atoms with Crippen LogP contribution in [0.1, 0.15) is 44.7 Å². The molecule has 2 aromatic carbocycles. The van der Waals surface area contributed by atoms with Crippen molar-refractivity contribution in [3.05, 3.63) is 64.7 Å². The number of nitrogens with one attached hydrogen (secondary N) is 2. The van der Waals surface area contributed by atoms with Gasteiger partial charge in [-0.25, -0.2) is 0 Å². The van der Waals surface area contributed by atoms with Gasteiger partial charge in [-0.2, -0.15) is 0 Å². The van der Waals surface area contributed by atoms with Crippen molar-refractivity contribution in [3.8, 4) is 0 Å². The molecular formula is C27H29N3O8. The molecule has 1 unspecified atom stereocenters. The number of ether oxygens (including phenoxy) is 3. The lowest BCUT2D eigenvalue weighted by atomic mass is 10.0. The molecule has 0 bridgehead atoms. The topological polar surface area (TPSA) is 140 Å². The van der Waals surface area contributed by atoms with E-state index in [-0.39, 0.29) is 30.7 Å². The number of hydrogen-bond acceptors (Lipinski definition) is 9. The van der Waals surface area contributed by atoms with E-state index < -0.39 is 29.7 Å². The Kier molecular flexibility index (Phi) is 9.30. The molecular weight excluding hydrogens is 494 g/mol. The van der Waals surface area contributed by atoms with Crippen molar-refractivity contribution in [2.75, 3.05) is 38.5 Å². The number of benzene rings is 2. The summed E-state index contributed by atoms with van der Waals surface area (Å²) in [6.07, 6.45) is 1.44. The van der Waals surface area contributed by atoms with Gasteiger partial charge in [0.2, 0.25) is 11.8 Å². The van der Waals surface area contributed by atoms with E-state index in [1.807, 2.05) is 24.3 Å². The molecule has 4 amide bonds. The van der Waals surface area contributed by atoms with Gasteiger partial charge in [-0.05, 0) is 29.7 Å². The molecule has 4 rings (SSSR count). The normalized spacial score (nSPS) is 16.9. The quantitative estimate of drug-likeness (QED) is 0.163. The number of amides is 4.